The zero-order chi connectivity index (χ0) is 18.6. The van der Waals surface area contributed by atoms with Crippen molar-refractivity contribution in [3.8, 4) is 0 Å². The van der Waals surface area contributed by atoms with Gasteiger partial charge in [-0.15, -0.1) is 0 Å². The zero-order valence-electron chi connectivity index (χ0n) is 13.7. The van der Waals surface area contributed by atoms with E-state index >= 15 is 0 Å². The molecule has 130 valence electrons. The number of hydrogen-bond donors (Lipinski definition) is 2. The number of amides is 1. The molecule has 0 aliphatic carbocycles. The van der Waals surface area contributed by atoms with Crippen molar-refractivity contribution in [3.05, 3.63) is 63.2 Å². The molecule has 25 heavy (non-hydrogen) atoms. The number of nitrogen functional groups attached to an aromatic ring is 1. The third-order valence-electron chi connectivity index (χ3n) is 3.47. The number of non-ortho nitro benzene ring substituents is 1. The fourth-order valence-electron chi connectivity index (χ4n) is 2.10. The van der Waals surface area contributed by atoms with Crippen LogP contribution in [0, 0.1) is 24.0 Å². The Morgan fingerprint density at radius 1 is 1.20 bits per heavy atom. The number of hydrogen-bond acceptors (Lipinski definition) is 6. The smallest absolute Gasteiger partial charge is 0.341 e. The number of aryl methyl sites for hydroxylation is 2. The minimum absolute atomic E-state index is 0.0329. The molecule has 0 spiro atoms. The molecule has 0 radical (unpaired) electrons. The van der Waals surface area contributed by atoms with Crippen LogP contribution < -0.4 is 11.1 Å². The van der Waals surface area contributed by atoms with E-state index < -0.39 is 23.4 Å². The van der Waals surface area contributed by atoms with E-state index in [9.17, 15) is 19.7 Å². The van der Waals surface area contributed by atoms with Crippen molar-refractivity contribution in [2.24, 2.45) is 0 Å². The number of nitro groups is 1. The summed E-state index contributed by atoms with van der Waals surface area (Å²) in [5.74, 6) is -1.43. The maximum absolute atomic E-state index is 12.0. The molecule has 8 heteroatoms. The summed E-state index contributed by atoms with van der Waals surface area (Å²) in [6.45, 7) is 3.19. The highest BCUT2D eigenvalue weighted by Crippen LogP contribution is 2.20. The maximum Gasteiger partial charge on any atom is 0.341 e. The van der Waals surface area contributed by atoms with Crippen LogP contribution in [0.25, 0.3) is 0 Å². The summed E-state index contributed by atoms with van der Waals surface area (Å²) in [6, 6.07) is 9.01. The summed E-state index contributed by atoms with van der Waals surface area (Å²) in [5.41, 5.74) is 7.68. The number of carbonyl (C=O) groups is 2. The monoisotopic (exact) mass is 343 g/mol. The van der Waals surface area contributed by atoms with E-state index in [0.717, 1.165) is 17.2 Å². The first-order valence-corrected chi connectivity index (χ1v) is 7.36. The molecule has 0 heterocycles. The maximum atomic E-state index is 12.0. The van der Waals surface area contributed by atoms with Gasteiger partial charge in [0, 0.05) is 23.5 Å². The lowest BCUT2D eigenvalue weighted by Gasteiger charge is -2.10. The lowest BCUT2D eigenvalue weighted by atomic mass is 10.1. The van der Waals surface area contributed by atoms with E-state index in [0.29, 0.717) is 5.69 Å². The lowest BCUT2D eigenvalue weighted by Crippen LogP contribution is -2.21. The number of carbonyl (C=O) groups excluding carboxylic acids is 2. The van der Waals surface area contributed by atoms with Crippen LogP contribution in [0.3, 0.4) is 0 Å². The van der Waals surface area contributed by atoms with Gasteiger partial charge in [-0.05, 0) is 37.1 Å². The van der Waals surface area contributed by atoms with Gasteiger partial charge in [-0.2, -0.15) is 0 Å². The molecular weight excluding hydrogens is 326 g/mol. The quantitative estimate of drug-likeness (QED) is 0.372. The van der Waals surface area contributed by atoms with E-state index in [1.54, 1.807) is 6.07 Å². The van der Waals surface area contributed by atoms with Crippen molar-refractivity contribution in [2.75, 3.05) is 17.7 Å². The van der Waals surface area contributed by atoms with Gasteiger partial charge in [-0.3, -0.25) is 14.9 Å². The van der Waals surface area contributed by atoms with Crippen molar-refractivity contribution in [1.82, 2.24) is 0 Å². The van der Waals surface area contributed by atoms with E-state index in [4.69, 9.17) is 10.5 Å². The summed E-state index contributed by atoms with van der Waals surface area (Å²) in [4.78, 5) is 34.1. The minimum Gasteiger partial charge on any atom is -0.452 e. The average Bonchev–Trinajstić information content (AvgIpc) is 2.56. The second-order valence-electron chi connectivity index (χ2n) is 5.47. The Hall–Kier alpha value is -3.42. The first kappa shape index (κ1) is 17.9. The molecule has 1 amide bonds. The highest BCUT2D eigenvalue weighted by atomic mass is 16.6. The minimum atomic E-state index is -0.905. The fraction of sp³-hybridized carbons (Fsp3) is 0.176. The summed E-state index contributed by atoms with van der Waals surface area (Å²) in [5, 5.41) is 13.4. The number of nitrogens with one attached hydrogen (secondary N) is 1. The molecule has 0 atom stereocenters. The molecule has 0 saturated heterocycles. The fourth-order valence-corrected chi connectivity index (χ4v) is 2.10. The zero-order valence-corrected chi connectivity index (χ0v) is 13.7. The lowest BCUT2D eigenvalue weighted by molar-refractivity contribution is -0.384. The molecule has 8 nitrogen and oxygen atoms in total. The Bertz CT molecular complexity index is 848. The number of nitrogens with two attached hydrogens (primary N) is 1. The molecule has 0 fully saturated rings. The van der Waals surface area contributed by atoms with Crippen LogP contribution in [0.1, 0.15) is 21.5 Å². The van der Waals surface area contributed by atoms with Crippen LogP contribution in [0.15, 0.2) is 36.4 Å². The van der Waals surface area contributed by atoms with E-state index in [2.05, 4.69) is 5.32 Å². The van der Waals surface area contributed by atoms with Gasteiger partial charge in [-0.25, -0.2) is 4.79 Å². The van der Waals surface area contributed by atoms with Gasteiger partial charge in [-0.1, -0.05) is 12.1 Å². The van der Waals surface area contributed by atoms with Crippen molar-refractivity contribution in [2.45, 2.75) is 13.8 Å². The van der Waals surface area contributed by atoms with Gasteiger partial charge in [0.25, 0.3) is 11.6 Å². The molecule has 3 N–H and O–H groups in total. The number of anilines is 2. The summed E-state index contributed by atoms with van der Waals surface area (Å²) >= 11 is 0. The highest BCUT2D eigenvalue weighted by molar-refractivity contribution is 5.98. The van der Waals surface area contributed by atoms with Crippen molar-refractivity contribution in [1.29, 1.82) is 0 Å². The van der Waals surface area contributed by atoms with Gasteiger partial charge in [0.05, 0.1) is 10.5 Å². The molecule has 0 aliphatic heterocycles. The molecular formula is C17H17N3O5. The Morgan fingerprint density at radius 2 is 1.92 bits per heavy atom. The third kappa shape index (κ3) is 4.54. The van der Waals surface area contributed by atoms with Crippen LogP contribution in [-0.4, -0.2) is 23.4 Å². The Morgan fingerprint density at radius 3 is 2.60 bits per heavy atom. The Balaban J connectivity index is 2.02. The topological polar surface area (TPSA) is 125 Å². The molecule has 0 unspecified atom stereocenters. The number of rotatable bonds is 5. The summed E-state index contributed by atoms with van der Waals surface area (Å²) < 4.78 is 4.89. The number of ether oxygens (including phenoxy) is 1. The largest absolute Gasteiger partial charge is 0.452 e. The van der Waals surface area contributed by atoms with E-state index in [-0.39, 0.29) is 16.9 Å². The van der Waals surface area contributed by atoms with E-state index in [1.807, 2.05) is 26.0 Å². The van der Waals surface area contributed by atoms with Gasteiger partial charge >= 0.3 is 5.97 Å². The summed E-state index contributed by atoms with van der Waals surface area (Å²) in [6.07, 6.45) is 0. The third-order valence-corrected chi connectivity index (χ3v) is 3.47. The molecule has 2 rings (SSSR count). The second kappa shape index (κ2) is 7.43. The van der Waals surface area contributed by atoms with Crippen LogP contribution in [-0.2, 0) is 9.53 Å². The highest BCUT2D eigenvalue weighted by Gasteiger charge is 2.18. The van der Waals surface area contributed by atoms with Gasteiger partial charge in [0.2, 0.25) is 0 Å². The summed E-state index contributed by atoms with van der Waals surface area (Å²) in [7, 11) is 0. The molecule has 0 aliphatic rings. The Labute approximate surface area is 143 Å². The second-order valence-corrected chi connectivity index (χ2v) is 5.47. The standard InChI is InChI=1S/C17H17N3O5/c1-10-3-4-11(2)15(7-10)19-16(21)9-25-17(22)13-8-12(20(23)24)5-6-14(13)18/h3-8H,9,18H2,1-2H3,(H,19,21). The first-order valence-electron chi connectivity index (χ1n) is 7.36. The normalized spacial score (nSPS) is 10.2. The first-order chi connectivity index (χ1) is 11.8. The molecule has 0 saturated carbocycles. The Kier molecular flexibility index (Phi) is 5.33. The molecule has 0 aromatic heterocycles. The van der Waals surface area contributed by atoms with Crippen LogP contribution in [0.2, 0.25) is 0 Å². The molecule has 2 aromatic rings. The van der Waals surface area contributed by atoms with Crippen molar-refractivity contribution >= 4 is 28.9 Å². The van der Waals surface area contributed by atoms with Crippen LogP contribution in [0.4, 0.5) is 17.1 Å². The van der Waals surface area contributed by atoms with Gasteiger partial charge in [0.15, 0.2) is 6.61 Å². The predicted octanol–water partition coefficient (Wildman–Crippen LogP) is 2.59. The van der Waals surface area contributed by atoms with Gasteiger partial charge < -0.3 is 15.8 Å². The van der Waals surface area contributed by atoms with Crippen LogP contribution >= 0.6 is 0 Å². The predicted molar refractivity (Wildman–Crippen MR) is 92.3 cm³/mol. The van der Waals surface area contributed by atoms with Crippen molar-refractivity contribution < 1.29 is 19.2 Å². The number of nitro benzene ring substituents is 1. The van der Waals surface area contributed by atoms with Crippen molar-refractivity contribution in [3.63, 3.8) is 0 Å². The van der Waals surface area contributed by atoms with E-state index in [1.165, 1.54) is 12.1 Å². The molecule has 0 bridgehead atoms. The van der Waals surface area contributed by atoms with Crippen LogP contribution in [0.5, 0.6) is 0 Å². The average molecular weight is 343 g/mol. The molecule has 2 aromatic carbocycles. The number of esters is 1. The number of benzene rings is 2. The number of nitrogens with zero attached hydrogens (tertiary/aromatic N) is 1. The SMILES string of the molecule is Cc1ccc(C)c(NC(=O)COC(=O)c2cc([N+](=O)[O-])ccc2N)c1. The van der Waals surface area contributed by atoms with Gasteiger partial charge in [0.1, 0.15) is 0 Å².